The van der Waals surface area contributed by atoms with E-state index in [0.29, 0.717) is 23.7 Å². The van der Waals surface area contributed by atoms with Crippen molar-refractivity contribution in [3.63, 3.8) is 0 Å². The fourth-order valence-corrected chi connectivity index (χ4v) is 2.78. The second-order valence-electron chi connectivity index (χ2n) is 5.77. The number of hydrogen-bond donors (Lipinski definition) is 2. The maximum Gasteiger partial charge on any atom is 0.319 e. The molecule has 0 radical (unpaired) electrons. The molecule has 0 saturated carbocycles. The van der Waals surface area contributed by atoms with Gasteiger partial charge in [-0.1, -0.05) is 29.3 Å². The molecular weight excluding hydrogens is 326 g/mol. The van der Waals surface area contributed by atoms with Crippen molar-refractivity contribution in [3.05, 3.63) is 59.1 Å². The van der Waals surface area contributed by atoms with Crippen LogP contribution in [-0.2, 0) is 4.79 Å². The van der Waals surface area contributed by atoms with Crippen LogP contribution in [-0.4, -0.2) is 24.5 Å². The van der Waals surface area contributed by atoms with Crippen molar-refractivity contribution >= 4 is 34.9 Å². The third-order valence-corrected chi connectivity index (χ3v) is 4.21. The quantitative estimate of drug-likeness (QED) is 0.894. The number of anilines is 2. The topological polar surface area (TPSA) is 61.4 Å². The first-order valence-electron chi connectivity index (χ1n) is 7.74. The second-order valence-corrected chi connectivity index (χ2v) is 6.21. The number of halogens is 1. The molecule has 3 rings (SSSR count). The lowest BCUT2D eigenvalue weighted by atomic mass is 10.2. The van der Waals surface area contributed by atoms with Gasteiger partial charge in [0.1, 0.15) is 6.04 Å². The van der Waals surface area contributed by atoms with Crippen molar-refractivity contribution in [1.82, 2.24) is 5.32 Å². The zero-order valence-corrected chi connectivity index (χ0v) is 14.0. The Kier molecular flexibility index (Phi) is 4.71. The molecule has 0 spiro atoms. The summed E-state index contributed by atoms with van der Waals surface area (Å²) in [5.41, 5.74) is 2.62. The predicted molar refractivity (Wildman–Crippen MR) is 95.5 cm³/mol. The van der Waals surface area contributed by atoms with E-state index < -0.39 is 12.1 Å². The molecule has 0 bridgehead atoms. The number of benzene rings is 2. The minimum atomic E-state index is -0.515. The van der Waals surface area contributed by atoms with Crippen LogP contribution in [0, 0.1) is 6.92 Å². The number of nitrogens with zero attached hydrogens (tertiary/aromatic N) is 1. The van der Waals surface area contributed by atoms with E-state index >= 15 is 0 Å². The van der Waals surface area contributed by atoms with Crippen LogP contribution in [0.1, 0.15) is 12.0 Å². The fraction of sp³-hybridized carbons (Fsp3) is 0.222. The van der Waals surface area contributed by atoms with Gasteiger partial charge in [0.2, 0.25) is 5.91 Å². The van der Waals surface area contributed by atoms with Crippen molar-refractivity contribution in [3.8, 4) is 0 Å². The van der Waals surface area contributed by atoms with E-state index in [9.17, 15) is 9.59 Å². The molecule has 1 fully saturated rings. The maximum atomic E-state index is 12.5. The van der Waals surface area contributed by atoms with Gasteiger partial charge >= 0.3 is 6.03 Å². The Hall–Kier alpha value is -2.53. The van der Waals surface area contributed by atoms with Crippen molar-refractivity contribution < 1.29 is 9.59 Å². The number of carbonyl (C=O) groups excluding carboxylic acids is 2. The van der Waals surface area contributed by atoms with Crippen LogP contribution in [0.4, 0.5) is 16.2 Å². The third-order valence-electron chi connectivity index (χ3n) is 3.96. The standard InChI is InChI=1S/C18H18ClN3O2/c1-12-2-8-15(9-3-12)22-11-10-16(17(22)23)21-18(24)20-14-6-4-13(19)5-7-14/h2-9,16H,10-11H2,1H3,(H2,20,21,24). The minimum absolute atomic E-state index is 0.0925. The van der Waals surface area contributed by atoms with Crippen molar-refractivity contribution in [2.75, 3.05) is 16.8 Å². The highest BCUT2D eigenvalue weighted by atomic mass is 35.5. The molecule has 1 aliphatic rings. The summed E-state index contributed by atoms with van der Waals surface area (Å²) in [6, 6.07) is 13.7. The van der Waals surface area contributed by atoms with Crippen LogP contribution in [0.25, 0.3) is 0 Å². The fourth-order valence-electron chi connectivity index (χ4n) is 2.65. The van der Waals surface area contributed by atoms with Gasteiger partial charge < -0.3 is 15.5 Å². The minimum Gasteiger partial charge on any atom is -0.326 e. The van der Waals surface area contributed by atoms with Gasteiger partial charge in [-0.05, 0) is 49.7 Å². The van der Waals surface area contributed by atoms with E-state index in [1.54, 1.807) is 29.2 Å². The van der Waals surface area contributed by atoms with Gasteiger partial charge in [0.15, 0.2) is 0 Å². The average Bonchev–Trinajstić information content (AvgIpc) is 2.91. The SMILES string of the molecule is Cc1ccc(N2CCC(NC(=O)Nc3ccc(Cl)cc3)C2=O)cc1. The first-order valence-corrected chi connectivity index (χ1v) is 8.12. The molecule has 0 aromatic heterocycles. The van der Waals surface area contributed by atoms with E-state index in [-0.39, 0.29) is 5.91 Å². The smallest absolute Gasteiger partial charge is 0.319 e. The summed E-state index contributed by atoms with van der Waals surface area (Å²) in [6.45, 7) is 2.59. The molecule has 2 aromatic rings. The Labute approximate surface area is 145 Å². The number of nitrogens with one attached hydrogen (secondary N) is 2. The molecule has 5 nitrogen and oxygen atoms in total. The monoisotopic (exact) mass is 343 g/mol. The molecule has 124 valence electrons. The highest BCUT2D eigenvalue weighted by Gasteiger charge is 2.33. The van der Waals surface area contributed by atoms with Gasteiger partial charge in [0.05, 0.1) is 0 Å². The van der Waals surface area contributed by atoms with Crippen LogP contribution < -0.4 is 15.5 Å². The molecule has 2 aromatic carbocycles. The number of hydrogen-bond acceptors (Lipinski definition) is 2. The maximum absolute atomic E-state index is 12.5. The van der Waals surface area contributed by atoms with Gasteiger partial charge in [-0.15, -0.1) is 0 Å². The molecular formula is C18H18ClN3O2. The molecule has 24 heavy (non-hydrogen) atoms. The summed E-state index contributed by atoms with van der Waals surface area (Å²) in [5, 5.41) is 6.03. The van der Waals surface area contributed by atoms with Crippen LogP contribution in [0.2, 0.25) is 5.02 Å². The van der Waals surface area contributed by atoms with Gasteiger partial charge in [0, 0.05) is 22.9 Å². The highest BCUT2D eigenvalue weighted by Crippen LogP contribution is 2.22. The zero-order valence-electron chi connectivity index (χ0n) is 13.3. The lowest BCUT2D eigenvalue weighted by Crippen LogP contribution is -2.43. The molecule has 3 amide bonds. The normalized spacial score (nSPS) is 17.0. The Morgan fingerprint density at radius 1 is 1.12 bits per heavy atom. The van der Waals surface area contributed by atoms with Crippen LogP contribution in [0.3, 0.4) is 0 Å². The van der Waals surface area contributed by atoms with Gasteiger partial charge in [-0.2, -0.15) is 0 Å². The molecule has 2 N–H and O–H groups in total. The summed E-state index contributed by atoms with van der Waals surface area (Å²) in [7, 11) is 0. The number of amides is 3. The van der Waals surface area contributed by atoms with E-state index in [1.807, 2.05) is 31.2 Å². The molecule has 1 atom stereocenters. The van der Waals surface area contributed by atoms with Gasteiger partial charge in [-0.3, -0.25) is 4.79 Å². The average molecular weight is 344 g/mol. The first kappa shape index (κ1) is 16.3. The first-order chi connectivity index (χ1) is 11.5. The molecule has 1 unspecified atom stereocenters. The number of carbonyl (C=O) groups is 2. The van der Waals surface area contributed by atoms with Crippen molar-refractivity contribution in [2.24, 2.45) is 0 Å². The Bertz CT molecular complexity index is 744. The highest BCUT2D eigenvalue weighted by molar-refractivity contribution is 6.30. The number of aryl methyl sites for hydroxylation is 1. The van der Waals surface area contributed by atoms with E-state index in [0.717, 1.165) is 11.3 Å². The van der Waals surface area contributed by atoms with Gasteiger partial charge in [-0.25, -0.2) is 4.79 Å². The summed E-state index contributed by atoms with van der Waals surface area (Å²) >= 11 is 5.81. The lowest BCUT2D eigenvalue weighted by Gasteiger charge is -2.17. The largest absolute Gasteiger partial charge is 0.326 e. The summed E-state index contributed by atoms with van der Waals surface area (Å²) < 4.78 is 0. The van der Waals surface area contributed by atoms with Crippen molar-refractivity contribution in [2.45, 2.75) is 19.4 Å². The molecule has 0 aliphatic carbocycles. The van der Waals surface area contributed by atoms with E-state index in [2.05, 4.69) is 10.6 Å². The number of rotatable bonds is 3. The molecule has 1 heterocycles. The Morgan fingerprint density at radius 3 is 2.46 bits per heavy atom. The second kappa shape index (κ2) is 6.93. The van der Waals surface area contributed by atoms with Crippen molar-refractivity contribution in [1.29, 1.82) is 0 Å². The summed E-state index contributed by atoms with van der Waals surface area (Å²) in [5.74, 6) is -0.0925. The van der Waals surface area contributed by atoms with Crippen LogP contribution in [0.15, 0.2) is 48.5 Å². The Balaban J connectivity index is 1.60. The summed E-state index contributed by atoms with van der Waals surface area (Å²) in [4.78, 5) is 26.3. The molecule has 6 heteroatoms. The Morgan fingerprint density at radius 2 is 1.79 bits per heavy atom. The van der Waals surface area contributed by atoms with E-state index in [1.165, 1.54) is 0 Å². The lowest BCUT2D eigenvalue weighted by molar-refractivity contribution is -0.118. The predicted octanol–water partition coefficient (Wildman–Crippen LogP) is 3.58. The zero-order chi connectivity index (χ0) is 17.1. The third kappa shape index (κ3) is 3.68. The molecule has 1 saturated heterocycles. The number of urea groups is 1. The van der Waals surface area contributed by atoms with E-state index in [4.69, 9.17) is 11.6 Å². The summed E-state index contributed by atoms with van der Waals surface area (Å²) in [6.07, 6.45) is 0.584. The van der Waals surface area contributed by atoms with Gasteiger partial charge in [0.25, 0.3) is 0 Å². The van der Waals surface area contributed by atoms with Crippen LogP contribution in [0.5, 0.6) is 0 Å². The molecule has 1 aliphatic heterocycles. The van der Waals surface area contributed by atoms with Crippen LogP contribution >= 0.6 is 11.6 Å².